The summed E-state index contributed by atoms with van der Waals surface area (Å²) in [5, 5.41) is 0. The molecule has 0 amide bonds. The standard InChI is InChI=1S/C13H20F2N2O/c1-13(2,16)12(17(3)4)8-6-10(15)11(18-5)7-9(8)14/h6-7,12H,16H2,1-5H3. The highest BCUT2D eigenvalue weighted by Crippen LogP contribution is 2.33. The lowest BCUT2D eigenvalue weighted by Crippen LogP contribution is -2.46. The van der Waals surface area contributed by atoms with Crippen molar-refractivity contribution >= 4 is 0 Å². The van der Waals surface area contributed by atoms with Crippen molar-refractivity contribution in [3.63, 3.8) is 0 Å². The highest BCUT2D eigenvalue weighted by Gasteiger charge is 2.31. The molecule has 0 bridgehead atoms. The van der Waals surface area contributed by atoms with Crippen LogP contribution in [0.2, 0.25) is 0 Å². The second-order valence-electron chi connectivity index (χ2n) is 5.20. The number of hydrogen-bond acceptors (Lipinski definition) is 3. The van der Waals surface area contributed by atoms with Crippen LogP contribution in [0.5, 0.6) is 5.75 Å². The number of likely N-dealkylation sites (N-methyl/N-ethyl adjacent to an activating group) is 1. The molecule has 0 saturated carbocycles. The van der Waals surface area contributed by atoms with Crippen molar-refractivity contribution in [2.45, 2.75) is 25.4 Å². The van der Waals surface area contributed by atoms with Gasteiger partial charge in [-0.3, -0.25) is 0 Å². The van der Waals surface area contributed by atoms with Crippen molar-refractivity contribution < 1.29 is 13.5 Å². The van der Waals surface area contributed by atoms with E-state index in [1.54, 1.807) is 32.8 Å². The molecule has 102 valence electrons. The van der Waals surface area contributed by atoms with Gasteiger partial charge in [0, 0.05) is 17.2 Å². The molecule has 1 unspecified atom stereocenters. The highest BCUT2D eigenvalue weighted by molar-refractivity contribution is 5.34. The van der Waals surface area contributed by atoms with Crippen LogP contribution < -0.4 is 10.5 Å². The van der Waals surface area contributed by atoms with Gasteiger partial charge in [0.25, 0.3) is 0 Å². The van der Waals surface area contributed by atoms with Gasteiger partial charge in [-0.25, -0.2) is 8.78 Å². The second-order valence-corrected chi connectivity index (χ2v) is 5.20. The molecule has 0 aliphatic heterocycles. The lowest BCUT2D eigenvalue weighted by atomic mass is 9.88. The Bertz CT molecular complexity index is 428. The van der Waals surface area contributed by atoms with Crippen LogP contribution in [-0.2, 0) is 0 Å². The number of nitrogens with two attached hydrogens (primary N) is 1. The number of ether oxygens (including phenoxy) is 1. The quantitative estimate of drug-likeness (QED) is 0.900. The van der Waals surface area contributed by atoms with Crippen LogP contribution in [0.3, 0.4) is 0 Å². The van der Waals surface area contributed by atoms with Crippen LogP contribution in [0.4, 0.5) is 8.78 Å². The first-order chi connectivity index (χ1) is 8.18. The van der Waals surface area contributed by atoms with E-state index in [2.05, 4.69) is 0 Å². The molecule has 0 aromatic heterocycles. The Hall–Kier alpha value is -1.20. The maximum atomic E-state index is 14.0. The van der Waals surface area contributed by atoms with E-state index in [-0.39, 0.29) is 11.3 Å². The van der Waals surface area contributed by atoms with Gasteiger partial charge in [0.1, 0.15) is 5.82 Å². The van der Waals surface area contributed by atoms with Crippen molar-refractivity contribution in [3.05, 3.63) is 29.3 Å². The van der Waals surface area contributed by atoms with Crippen LogP contribution >= 0.6 is 0 Å². The van der Waals surface area contributed by atoms with Gasteiger partial charge in [-0.05, 0) is 34.0 Å². The van der Waals surface area contributed by atoms with Crippen LogP contribution in [-0.4, -0.2) is 31.6 Å². The summed E-state index contributed by atoms with van der Waals surface area (Å²) in [6, 6.07) is 1.76. The summed E-state index contributed by atoms with van der Waals surface area (Å²) in [5.74, 6) is -1.22. The summed E-state index contributed by atoms with van der Waals surface area (Å²) in [6.45, 7) is 3.55. The zero-order valence-corrected chi connectivity index (χ0v) is 11.4. The predicted molar refractivity (Wildman–Crippen MR) is 67.6 cm³/mol. The Morgan fingerprint density at radius 3 is 2.17 bits per heavy atom. The van der Waals surface area contributed by atoms with Gasteiger partial charge in [-0.2, -0.15) is 0 Å². The third-order valence-electron chi connectivity index (χ3n) is 2.79. The number of methoxy groups -OCH3 is 1. The molecule has 0 radical (unpaired) electrons. The molecule has 3 nitrogen and oxygen atoms in total. The van der Waals surface area contributed by atoms with E-state index in [0.717, 1.165) is 12.1 Å². The van der Waals surface area contributed by atoms with Gasteiger partial charge in [0.15, 0.2) is 11.6 Å². The first-order valence-electron chi connectivity index (χ1n) is 5.66. The van der Waals surface area contributed by atoms with Gasteiger partial charge < -0.3 is 15.4 Å². The average Bonchev–Trinajstić information content (AvgIpc) is 2.20. The Kier molecular flexibility index (Phi) is 4.29. The molecule has 2 N–H and O–H groups in total. The van der Waals surface area contributed by atoms with E-state index in [1.165, 1.54) is 7.11 Å². The minimum Gasteiger partial charge on any atom is -0.494 e. The molecular weight excluding hydrogens is 238 g/mol. The van der Waals surface area contributed by atoms with Crippen molar-refractivity contribution in [3.8, 4) is 5.75 Å². The first kappa shape index (κ1) is 14.9. The predicted octanol–water partition coefficient (Wildman–Crippen LogP) is 2.31. The largest absolute Gasteiger partial charge is 0.494 e. The molecule has 0 spiro atoms. The minimum absolute atomic E-state index is 0.108. The number of nitrogens with zero attached hydrogens (tertiary/aromatic N) is 1. The fourth-order valence-electron chi connectivity index (χ4n) is 2.25. The molecule has 0 heterocycles. The molecule has 1 atom stereocenters. The summed E-state index contributed by atoms with van der Waals surface area (Å²) in [5.41, 5.74) is 5.56. The van der Waals surface area contributed by atoms with Gasteiger partial charge in [0.2, 0.25) is 0 Å². The van der Waals surface area contributed by atoms with Crippen LogP contribution in [0.1, 0.15) is 25.5 Å². The molecule has 18 heavy (non-hydrogen) atoms. The highest BCUT2D eigenvalue weighted by atomic mass is 19.1. The van der Waals surface area contributed by atoms with Crippen molar-refractivity contribution in [1.82, 2.24) is 4.90 Å². The van der Waals surface area contributed by atoms with Crippen LogP contribution in [0, 0.1) is 11.6 Å². The van der Waals surface area contributed by atoms with Crippen molar-refractivity contribution in [2.24, 2.45) is 5.73 Å². The Morgan fingerprint density at radius 2 is 1.78 bits per heavy atom. The van der Waals surface area contributed by atoms with E-state index >= 15 is 0 Å². The topological polar surface area (TPSA) is 38.5 Å². The lowest BCUT2D eigenvalue weighted by molar-refractivity contribution is 0.198. The van der Waals surface area contributed by atoms with Crippen molar-refractivity contribution in [2.75, 3.05) is 21.2 Å². The fraction of sp³-hybridized carbons (Fsp3) is 0.538. The summed E-state index contributed by atoms with van der Waals surface area (Å²) in [7, 11) is 4.86. The molecule has 5 heteroatoms. The summed E-state index contributed by atoms with van der Waals surface area (Å²) >= 11 is 0. The van der Waals surface area contributed by atoms with Crippen molar-refractivity contribution in [1.29, 1.82) is 0 Å². The average molecular weight is 258 g/mol. The molecule has 0 aliphatic carbocycles. The fourth-order valence-corrected chi connectivity index (χ4v) is 2.25. The second kappa shape index (κ2) is 5.20. The van der Waals surface area contributed by atoms with E-state index in [9.17, 15) is 8.78 Å². The summed E-state index contributed by atoms with van der Waals surface area (Å²) < 4.78 is 32.5. The lowest BCUT2D eigenvalue weighted by Gasteiger charge is -2.36. The Labute approximate surface area is 107 Å². The Morgan fingerprint density at radius 1 is 1.22 bits per heavy atom. The van der Waals surface area contributed by atoms with Gasteiger partial charge in [-0.1, -0.05) is 0 Å². The van der Waals surface area contributed by atoms with Gasteiger partial charge in [0.05, 0.1) is 13.2 Å². The Balaban J connectivity index is 3.34. The normalized spacial score (nSPS) is 13.8. The first-order valence-corrected chi connectivity index (χ1v) is 5.66. The van der Waals surface area contributed by atoms with E-state index < -0.39 is 23.2 Å². The molecular formula is C13H20F2N2O. The van der Waals surface area contributed by atoms with Crippen LogP contribution in [0.15, 0.2) is 12.1 Å². The molecule has 0 saturated heterocycles. The molecule has 0 aliphatic rings. The number of hydrogen-bond donors (Lipinski definition) is 1. The molecule has 1 aromatic carbocycles. The summed E-state index contributed by atoms with van der Waals surface area (Å²) in [4.78, 5) is 1.77. The smallest absolute Gasteiger partial charge is 0.165 e. The van der Waals surface area contributed by atoms with Gasteiger partial charge in [-0.15, -0.1) is 0 Å². The molecule has 1 aromatic rings. The number of benzene rings is 1. The maximum Gasteiger partial charge on any atom is 0.165 e. The summed E-state index contributed by atoms with van der Waals surface area (Å²) in [6.07, 6.45) is 0. The number of rotatable bonds is 4. The van der Waals surface area contributed by atoms with E-state index in [4.69, 9.17) is 10.5 Å². The zero-order chi connectivity index (χ0) is 14.1. The minimum atomic E-state index is -0.703. The van der Waals surface area contributed by atoms with E-state index in [0.29, 0.717) is 0 Å². The van der Waals surface area contributed by atoms with Crippen LogP contribution in [0.25, 0.3) is 0 Å². The maximum absolute atomic E-state index is 14.0. The number of halogens is 2. The third kappa shape index (κ3) is 2.97. The molecule has 1 rings (SSSR count). The monoisotopic (exact) mass is 258 g/mol. The van der Waals surface area contributed by atoms with Gasteiger partial charge >= 0.3 is 0 Å². The SMILES string of the molecule is COc1cc(F)c(C(N(C)C)C(C)(C)N)cc1F. The van der Waals surface area contributed by atoms with E-state index in [1.807, 2.05) is 0 Å². The third-order valence-corrected chi connectivity index (χ3v) is 2.79. The zero-order valence-electron chi connectivity index (χ0n) is 11.4. The molecule has 0 fully saturated rings.